The van der Waals surface area contributed by atoms with Crippen LogP contribution in [0, 0.1) is 28.6 Å². The molecule has 0 aromatic carbocycles. The van der Waals surface area contributed by atoms with Crippen LogP contribution in [0.1, 0.15) is 58.8 Å². The topological polar surface area (TPSA) is 54.4 Å². The minimum absolute atomic E-state index is 0.0385. The molecule has 0 spiro atoms. The lowest BCUT2D eigenvalue weighted by Crippen LogP contribution is -2.56. The smallest absolute Gasteiger partial charge is 0.155 e. The molecule has 6 atom stereocenters. The summed E-state index contributed by atoms with van der Waals surface area (Å²) in [6.45, 7) is 4.34. The van der Waals surface area contributed by atoms with E-state index >= 15 is 0 Å². The number of carbonyl (C=O) groups is 2. The third-order valence-electron chi connectivity index (χ3n) is 7.61. The van der Waals surface area contributed by atoms with Crippen LogP contribution in [0.15, 0.2) is 11.6 Å². The largest absolute Gasteiger partial charge is 0.393 e. The summed E-state index contributed by atoms with van der Waals surface area (Å²) in [6, 6.07) is 0. The Labute approximate surface area is 132 Å². The maximum atomic E-state index is 12.4. The Bertz CT molecular complexity index is 577. The van der Waals surface area contributed by atoms with Crippen molar-refractivity contribution in [3.05, 3.63) is 11.6 Å². The van der Waals surface area contributed by atoms with Crippen molar-refractivity contribution in [2.75, 3.05) is 0 Å². The van der Waals surface area contributed by atoms with E-state index in [9.17, 15) is 14.7 Å². The van der Waals surface area contributed by atoms with Gasteiger partial charge in [-0.2, -0.15) is 0 Å². The first kappa shape index (κ1) is 14.6. The monoisotopic (exact) mass is 302 g/mol. The molecular formula is C19H26O3. The summed E-state index contributed by atoms with van der Waals surface area (Å²) < 4.78 is 0. The van der Waals surface area contributed by atoms with Crippen molar-refractivity contribution in [3.8, 4) is 0 Å². The molecule has 3 heteroatoms. The molecule has 1 N–H and O–H groups in total. The zero-order chi connectivity index (χ0) is 15.7. The highest BCUT2D eigenvalue weighted by Crippen LogP contribution is 2.64. The Morgan fingerprint density at radius 2 is 1.86 bits per heavy atom. The molecule has 22 heavy (non-hydrogen) atoms. The number of rotatable bonds is 0. The first-order chi connectivity index (χ1) is 10.4. The predicted octanol–water partition coefficient (Wildman–Crippen LogP) is 3.06. The van der Waals surface area contributed by atoms with E-state index in [2.05, 4.69) is 13.8 Å². The van der Waals surface area contributed by atoms with E-state index in [0.29, 0.717) is 36.9 Å². The fraction of sp³-hybridized carbons (Fsp3) is 0.789. The van der Waals surface area contributed by atoms with Gasteiger partial charge in [0.05, 0.1) is 6.10 Å². The van der Waals surface area contributed by atoms with Gasteiger partial charge < -0.3 is 5.11 Å². The fourth-order valence-electron chi connectivity index (χ4n) is 6.46. The van der Waals surface area contributed by atoms with E-state index in [1.165, 1.54) is 5.57 Å². The van der Waals surface area contributed by atoms with Crippen molar-refractivity contribution >= 4 is 11.6 Å². The summed E-state index contributed by atoms with van der Waals surface area (Å²) >= 11 is 0. The third kappa shape index (κ3) is 1.72. The molecule has 0 aromatic heterocycles. The SMILES string of the molecule is C[C@]12CCC(=O)C=C1CCC1C2[C@@H](O)C[C@]2(C)C(=O)CCC12. The molecule has 0 amide bonds. The molecule has 0 bridgehead atoms. The van der Waals surface area contributed by atoms with Gasteiger partial charge >= 0.3 is 0 Å². The second-order valence-electron chi connectivity index (χ2n) is 8.54. The van der Waals surface area contributed by atoms with Crippen LogP contribution in [-0.2, 0) is 9.59 Å². The Morgan fingerprint density at radius 1 is 1.09 bits per heavy atom. The van der Waals surface area contributed by atoms with E-state index in [1.807, 2.05) is 6.08 Å². The minimum atomic E-state index is -0.407. The van der Waals surface area contributed by atoms with Crippen LogP contribution in [-0.4, -0.2) is 22.8 Å². The lowest BCUT2D eigenvalue weighted by molar-refractivity contribution is -0.147. The first-order valence-electron chi connectivity index (χ1n) is 8.81. The van der Waals surface area contributed by atoms with Gasteiger partial charge in [-0.15, -0.1) is 0 Å². The van der Waals surface area contributed by atoms with Gasteiger partial charge in [-0.3, -0.25) is 9.59 Å². The summed E-state index contributed by atoms with van der Waals surface area (Å²) in [4.78, 5) is 24.2. The van der Waals surface area contributed by atoms with Gasteiger partial charge in [-0.1, -0.05) is 19.4 Å². The van der Waals surface area contributed by atoms with Crippen molar-refractivity contribution in [2.24, 2.45) is 28.6 Å². The lowest BCUT2D eigenvalue weighted by atomic mass is 9.46. The minimum Gasteiger partial charge on any atom is -0.393 e. The number of aliphatic hydroxyl groups excluding tert-OH is 1. The van der Waals surface area contributed by atoms with Crippen LogP contribution in [0.25, 0.3) is 0 Å². The number of hydrogen-bond donors (Lipinski definition) is 1. The quantitative estimate of drug-likeness (QED) is 0.748. The van der Waals surface area contributed by atoms with Gasteiger partial charge in [0.15, 0.2) is 5.78 Å². The molecule has 3 fully saturated rings. The fourth-order valence-corrected chi connectivity index (χ4v) is 6.46. The Morgan fingerprint density at radius 3 is 2.64 bits per heavy atom. The molecule has 0 radical (unpaired) electrons. The average molecular weight is 302 g/mol. The molecule has 0 aliphatic heterocycles. The zero-order valence-electron chi connectivity index (χ0n) is 13.6. The first-order valence-corrected chi connectivity index (χ1v) is 8.81. The highest BCUT2D eigenvalue weighted by atomic mass is 16.3. The number of carbonyl (C=O) groups excluding carboxylic acids is 2. The van der Waals surface area contributed by atoms with Crippen molar-refractivity contribution < 1.29 is 14.7 Å². The highest BCUT2D eigenvalue weighted by molar-refractivity contribution is 5.91. The molecule has 4 aliphatic carbocycles. The third-order valence-corrected chi connectivity index (χ3v) is 7.61. The number of allylic oxidation sites excluding steroid dienone is 1. The van der Waals surface area contributed by atoms with Crippen LogP contribution in [0.3, 0.4) is 0 Å². The molecule has 0 saturated heterocycles. The van der Waals surface area contributed by atoms with Crippen LogP contribution in [0.4, 0.5) is 0 Å². The number of hydrogen-bond acceptors (Lipinski definition) is 3. The van der Waals surface area contributed by atoms with Crippen molar-refractivity contribution in [3.63, 3.8) is 0 Å². The molecule has 3 unspecified atom stereocenters. The van der Waals surface area contributed by atoms with E-state index in [1.54, 1.807) is 0 Å². The number of Topliss-reactive ketones (excluding diaryl/α,β-unsaturated/α-hetero) is 1. The summed E-state index contributed by atoms with van der Waals surface area (Å²) in [5, 5.41) is 10.9. The summed E-state index contributed by atoms with van der Waals surface area (Å²) in [7, 11) is 0. The summed E-state index contributed by atoms with van der Waals surface area (Å²) in [6.07, 6.45) is 7.24. The van der Waals surface area contributed by atoms with E-state index in [-0.39, 0.29) is 22.5 Å². The summed E-state index contributed by atoms with van der Waals surface area (Å²) in [5.74, 6) is 1.71. The normalized spacial score (nSPS) is 51.0. The average Bonchev–Trinajstić information content (AvgIpc) is 2.75. The molecule has 3 saturated carbocycles. The van der Waals surface area contributed by atoms with E-state index in [4.69, 9.17) is 0 Å². The van der Waals surface area contributed by atoms with Crippen LogP contribution in [0.2, 0.25) is 0 Å². The molecule has 4 rings (SSSR count). The molecule has 4 aliphatic rings. The second-order valence-corrected chi connectivity index (χ2v) is 8.54. The van der Waals surface area contributed by atoms with Gasteiger partial charge in [0.1, 0.15) is 5.78 Å². The Hall–Kier alpha value is -0.960. The van der Waals surface area contributed by atoms with Crippen LogP contribution in [0.5, 0.6) is 0 Å². The van der Waals surface area contributed by atoms with Gasteiger partial charge in [-0.05, 0) is 61.3 Å². The maximum absolute atomic E-state index is 12.4. The Kier molecular flexibility index (Phi) is 3.01. The van der Waals surface area contributed by atoms with Crippen molar-refractivity contribution in [1.82, 2.24) is 0 Å². The zero-order valence-corrected chi connectivity index (χ0v) is 13.6. The Balaban J connectivity index is 1.75. The van der Waals surface area contributed by atoms with Crippen LogP contribution >= 0.6 is 0 Å². The highest BCUT2D eigenvalue weighted by Gasteiger charge is 2.61. The predicted molar refractivity (Wildman–Crippen MR) is 83.1 cm³/mol. The molecule has 0 heterocycles. The van der Waals surface area contributed by atoms with Crippen LogP contribution < -0.4 is 0 Å². The van der Waals surface area contributed by atoms with Gasteiger partial charge in [0.2, 0.25) is 0 Å². The molecular weight excluding hydrogens is 276 g/mol. The summed E-state index contributed by atoms with van der Waals surface area (Å²) in [5.41, 5.74) is 0.920. The molecule has 0 aromatic rings. The van der Waals surface area contributed by atoms with Gasteiger partial charge in [0.25, 0.3) is 0 Å². The van der Waals surface area contributed by atoms with Crippen molar-refractivity contribution in [2.45, 2.75) is 64.9 Å². The number of fused-ring (bicyclic) bond motifs is 5. The van der Waals surface area contributed by atoms with Crippen molar-refractivity contribution in [1.29, 1.82) is 0 Å². The van der Waals surface area contributed by atoms with E-state index < -0.39 is 6.10 Å². The number of ketones is 2. The molecule has 120 valence electrons. The van der Waals surface area contributed by atoms with Gasteiger partial charge in [-0.25, -0.2) is 0 Å². The van der Waals surface area contributed by atoms with E-state index in [0.717, 1.165) is 25.7 Å². The lowest BCUT2D eigenvalue weighted by Gasteiger charge is -2.58. The molecule has 3 nitrogen and oxygen atoms in total. The maximum Gasteiger partial charge on any atom is 0.155 e. The second kappa shape index (κ2) is 4.53. The standard InChI is InChI=1S/C19H26O3/c1-18-8-7-12(20)9-11(18)3-4-13-14-5-6-16(22)19(14,2)10-15(21)17(13)18/h9,13-15,17,21H,3-8,10H2,1-2H3/t13?,14?,15-,17?,18-,19-/m0/s1. The number of aliphatic hydroxyl groups is 1. The van der Waals surface area contributed by atoms with Gasteiger partial charge in [0, 0.05) is 18.3 Å².